The van der Waals surface area contributed by atoms with Gasteiger partial charge in [0.05, 0.1) is 5.41 Å². The van der Waals surface area contributed by atoms with Gasteiger partial charge in [0.15, 0.2) is 0 Å². The van der Waals surface area contributed by atoms with E-state index >= 15 is 0 Å². The number of aliphatic carboxylic acids is 1. The van der Waals surface area contributed by atoms with Crippen LogP contribution < -0.4 is 4.90 Å². The molecule has 0 saturated heterocycles. The highest BCUT2D eigenvalue weighted by molar-refractivity contribution is 5.73. The third-order valence-electron chi connectivity index (χ3n) is 3.65. The Balaban J connectivity index is 2.38. The topological polar surface area (TPSA) is 40.5 Å². The molecule has 0 fully saturated rings. The quantitative estimate of drug-likeness (QED) is 0.762. The first-order chi connectivity index (χ1) is 8.84. The van der Waals surface area contributed by atoms with E-state index in [-0.39, 0.29) is 0 Å². The van der Waals surface area contributed by atoms with E-state index in [1.165, 1.54) is 11.3 Å². The van der Waals surface area contributed by atoms with E-state index in [4.69, 9.17) is 5.11 Å². The highest BCUT2D eigenvalue weighted by Gasteiger charge is 2.26. The lowest BCUT2D eigenvalue weighted by atomic mass is 9.87. The summed E-state index contributed by atoms with van der Waals surface area (Å²) in [5.74, 6) is -0.709. The molecule has 0 aromatic heterocycles. The van der Waals surface area contributed by atoms with Gasteiger partial charge in [-0.1, -0.05) is 24.6 Å². The molecular weight excluding hydrogens is 238 g/mol. The van der Waals surface area contributed by atoms with Crippen LogP contribution in [0.25, 0.3) is 0 Å². The zero-order chi connectivity index (χ0) is 14.5. The predicted octanol–water partition coefficient (Wildman–Crippen LogP) is 3.71. The van der Waals surface area contributed by atoms with Gasteiger partial charge in [-0.3, -0.25) is 4.79 Å². The monoisotopic (exact) mass is 263 g/mol. The molecule has 0 aliphatic rings. The van der Waals surface area contributed by atoms with Gasteiger partial charge in [0.1, 0.15) is 0 Å². The molecule has 3 nitrogen and oxygen atoms in total. The number of carbonyl (C=O) groups is 1. The molecule has 0 saturated carbocycles. The minimum Gasteiger partial charge on any atom is -0.481 e. The van der Waals surface area contributed by atoms with Crippen LogP contribution in [0, 0.1) is 12.3 Å². The van der Waals surface area contributed by atoms with Gasteiger partial charge < -0.3 is 10.0 Å². The van der Waals surface area contributed by atoms with Crippen LogP contribution in [0.2, 0.25) is 0 Å². The molecule has 0 atom stereocenters. The third-order valence-corrected chi connectivity index (χ3v) is 3.65. The molecule has 1 N–H and O–H groups in total. The van der Waals surface area contributed by atoms with Gasteiger partial charge in [-0.2, -0.15) is 0 Å². The van der Waals surface area contributed by atoms with Crippen LogP contribution >= 0.6 is 0 Å². The lowest BCUT2D eigenvalue weighted by molar-refractivity contribution is -0.147. The Morgan fingerprint density at radius 3 is 2.47 bits per heavy atom. The van der Waals surface area contributed by atoms with Crippen LogP contribution in [0.15, 0.2) is 24.3 Å². The number of nitrogens with zero attached hydrogens (tertiary/aromatic N) is 1. The fraction of sp³-hybridized carbons (Fsp3) is 0.562. The van der Waals surface area contributed by atoms with E-state index in [9.17, 15) is 4.79 Å². The Bertz CT molecular complexity index is 427. The van der Waals surface area contributed by atoms with Crippen LogP contribution in [0.4, 0.5) is 5.69 Å². The Labute approximate surface area is 116 Å². The van der Waals surface area contributed by atoms with E-state index in [1.54, 1.807) is 13.8 Å². The number of aryl methyl sites for hydroxylation is 1. The summed E-state index contributed by atoms with van der Waals surface area (Å²) in [7, 11) is 2.09. The maximum Gasteiger partial charge on any atom is 0.309 e. The van der Waals surface area contributed by atoms with Gasteiger partial charge in [-0.25, -0.2) is 0 Å². The molecule has 106 valence electrons. The molecule has 1 aromatic carbocycles. The Kier molecular flexibility index (Phi) is 5.40. The van der Waals surface area contributed by atoms with Crippen molar-refractivity contribution in [1.82, 2.24) is 0 Å². The van der Waals surface area contributed by atoms with Gasteiger partial charge in [0.2, 0.25) is 0 Å². The maximum atomic E-state index is 11.0. The van der Waals surface area contributed by atoms with E-state index in [1.807, 2.05) is 12.1 Å². The smallest absolute Gasteiger partial charge is 0.309 e. The van der Waals surface area contributed by atoms with Crippen LogP contribution in [0.3, 0.4) is 0 Å². The van der Waals surface area contributed by atoms with Crippen LogP contribution in [0.5, 0.6) is 0 Å². The average molecular weight is 263 g/mol. The molecule has 0 radical (unpaired) electrons. The summed E-state index contributed by atoms with van der Waals surface area (Å²) in [5, 5.41) is 9.05. The van der Waals surface area contributed by atoms with Gasteiger partial charge in [0, 0.05) is 19.3 Å². The molecule has 19 heavy (non-hydrogen) atoms. The van der Waals surface area contributed by atoms with Crippen molar-refractivity contribution in [3.63, 3.8) is 0 Å². The first-order valence-electron chi connectivity index (χ1n) is 6.85. The SMILES string of the molecule is Cc1ccccc1N(C)CCCCC(C)(C)C(=O)O. The summed E-state index contributed by atoms with van der Waals surface area (Å²) in [5.41, 5.74) is 1.91. The van der Waals surface area contributed by atoms with Crippen molar-refractivity contribution in [1.29, 1.82) is 0 Å². The van der Waals surface area contributed by atoms with Gasteiger partial charge in [-0.15, -0.1) is 0 Å². The second-order valence-corrected chi connectivity index (χ2v) is 5.85. The molecule has 0 amide bonds. The minimum absolute atomic E-state index is 0.610. The molecular formula is C16H25NO2. The molecule has 0 heterocycles. The van der Waals surface area contributed by atoms with E-state index in [0.29, 0.717) is 0 Å². The van der Waals surface area contributed by atoms with Crippen molar-refractivity contribution in [3.8, 4) is 0 Å². The van der Waals surface area contributed by atoms with Crippen molar-refractivity contribution in [2.75, 3.05) is 18.5 Å². The standard InChI is InChI=1S/C16H25NO2/c1-13-9-5-6-10-14(13)17(4)12-8-7-11-16(2,3)15(18)19/h5-6,9-10H,7-8,11-12H2,1-4H3,(H,18,19). The Morgan fingerprint density at radius 2 is 1.89 bits per heavy atom. The molecule has 1 aromatic rings. The van der Waals surface area contributed by atoms with Crippen molar-refractivity contribution < 1.29 is 9.90 Å². The molecule has 0 spiro atoms. The summed E-state index contributed by atoms with van der Waals surface area (Å²) in [6.45, 7) is 6.65. The maximum absolute atomic E-state index is 11.0. The summed E-state index contributed by atoms with van der Waals surface area (Å²) in [6, 6.07) is 8.32. The fourth-order valence-electron chi connectivity index (χ4n) is 2.14. The number of carboxylic acids is 1. The summed E-state index contributed by atoms with van der Waals surface area (Å²) >= 11 is 0. The first-order valence-corrected chi connectivity index (χ1v) is 6.85. The zero-order valence-electron chi connectivity index (χ0n) is 12.4. The van der Waals surface area contributed by atoms with Gasteiger partial charge in [0.25, 0.3) is 0 Å². The molecule has 0 aliphatic carbocycles. The summed E-state index contributed by atoms with van der Waals surface area (Å²) in [4.78, 5) is 13.2. The number of rotatable bonds is 7. The number of benzene rings is 1. The number of para-hydroxylation sites is 1. The predicted molar refractivity (Wildman–Crippen MR) is 79.7 cm³/mol. The minimum atomic E-state index is -0.709. The Morgan fingerprint density at radius 1 is 1.26 bits per heavy atom. The van der Waals surface area contributed by atoms with Gasteiger partial charge in [-0.05, 0) is 45.2 Å². The van der Waals surface area contributed by atoms with Crippen LogP contribution in [0.1, 0.15) is 38.7 Å². The van der Waals surface area contributed by atoms with Crippen molar-refractivity contribution in [2.24, 2.45) is 5.41 Å². The summed E-state index contributed by atoms with van der Waals surface area (Å²) in [6.07, 6.45) is 2.68. The number of carboxylic acid groups (broad SMARTS) is 1. The number of hydrogen-bond donors (Lipinski definition) is 1. The molecule has 3 heteroatoms. The lowest BCUT2D eigenvalue weighted by Gasteiger charge is -2.23. The highest BCUT2D eigenvalue weighted by atomic mass is 16.4. The third kappa shape index (κ3) is 4.58. The van der Waals surface area contributed by atoms with Crippen LogP contribution in [-0.2, 0) is 4.79 Å². The van der Waals surface area contributed by atoms with Crippen LogP contribution in [-0.4, -0.2) is 24.7 Å². The van der Waals surface area contributed by atoms with E-state index in [2.05, 4.69) is 31.0 Å². The second-order valence-electron chi connectivity index (χ2n) is 5.85. The normalized spacial score (nSPS) is 11.4. The molecule has 0 unspecified atom stereocenters. The van der Waals surface area contributed by atoms with Crippen molar-refractivity contribution in [3.05, 3.63) is 29.8 Å². The first kappa shape index (κ1) is 15.5. The molecule has 1 rings (SSSR count). The number of anilines is 1. The van der Waals surface area contributed by atoms with Gasteiger partial charge >= 0.3 is 5.97 Å². The Hall–Kier alpha value is -1.51. The van der Waals surface area contributed by atoms with E-state index in [0.717, 1.165) is 25.8 Å². The number of unbranched alkanes of at least 4 members (excludes halogenated alkanes) is 1. The summed E-state index contributed by atoms with van der Waals surface area (Å²) < 4.78 is 0. The molecule has 0 bridgehead atoms. The zero-order valence-corrected chi connectivity index (χ0v) is 12.4. The van der Waals surface area contributed by atoms with Crippen molar-refractivity contribution >= 4 is 11.7 Å². The largest absolute Gasteiger partial charge is 0.481 e. The van der Waals surface area contributed by atoms with E-state index < -0.39 is 11.4 Å². The number of hydrogen-bond acceptors (Lipinski definition) is 2. The fourth-order valence-corrected chi connectivity index (χ4v) is 2.14. The van der Waals surface area contributed by atoms with Crippen molar-refractivity contribution in [2.45, 2.75) is 40.0 Å². The second kappa shape index (κ2) is 6.60. The average Bonchev–Trinajstić information content (AvgIpc) is 2.34. The molecule has 0 aliphatic heterocycles. The highest BCUT2D eigenvalue weighted by Crippen LogP contribution is 2.24. The lowest BCUT2D eigenvalue weighted by Crippen LogP contribution is -2.24.